The molecule has 3 N–H and O–H groups in total. The number of allylic oxidation sites excluding steroid dienone is 1. The van der Waals surface area contributed by atoms with E-state index < -0.39 is 0 Å². The van der Waals surface area contributed by atoms with Gasteiger partial charge in [-0.05, 0) is 65.7 Å². The molecule has 3 rings (SSSR count). The van der Waals surface area contributed by atoms with E-state index in [9.17, 15) is 14.0 Å². The van der Waals surface area contributed by atoms with Gasteiger partial charge in [-0.3, -0.25) is 9.59 Å². The molecule has 3 aromatic carbocycles. The summed E-state index contributed by atoms with van der Waals surface area (Å²) in [5.74, 6) is -0.898. The molecule has 144 valence electrons. The molecule has 0 fully saturated rings. The van der Waals surface area contributed by atoms with Crippen LogP contribution in [0.4, 0.5) is 15.8 Å². The highest BCUT2D eigenvalue weighted by molar-refractivity contribution is 6.07. The molecule has 1 amide bonds. The van der Waals surface area contributed by atoms with Gasteiger partial charge >= 0.3 is 0 Å². The van der Waals surface area contributed by atoms with Gasteiger partial charge < -0.3 is 11.1 Å². The Bertz CT molecular complexity index is 1090. The molecule has 0 saturated carbocycles. The number of halogens is 1. The first-order valence-electron chi connectivity index (χ1n) is 8.93. The van der Waals surface area contributed by atoms with Gasteiger partial charge in [-0.2, -0.15) is 0 Å². The van der Waals surface area contributed by atoms with Crippen molar-refractivity contribution in [2.75, 3.05) is 11.1 Å². The number of carbonyl (C=O) groups is 2. The van der Waals surface area contributed by atoms with Gasteiger partial charge in [0.05, 0.1) is 11.4 Å². The number of amides is 1. The van der Waals surface area contributed by atoms with Gasteiger partial charge in [-0.15, -0.1) is 0 Å². The van der Waals surface area contributed by atoms with Crippen LogP contribution in [0.2, 0.25) is 0 Å². The standard InChI is InChI=1S/C24H19FN2O2/c25-20-12-10-19(11-13-20)23(28)14-8-17-4-3-5-18(16-17)9-15-24(29)27-22-7-2-1-6-21(22)26/h1-16H,26H2,(H,27,29)/b14-8+,15-9+. The van der Waals surface area contributed by atoms with E-state index in [1.807, 2.05) is 24.3 Å². The highest BCUT2D eigenvalue weighted by atomic mass is 19.1. The number of carbonyl (C=O) groups excluding carboxylic acids is 2. The van der Waals surface area contributed by atoms with Crippen molar-refractivity contribution in [3.8, 4) is 0 Å². The summed E-state index contributed by atoms with van der Waals surface area (Å²) in [6.07, 6.45) is 6.20. The van der Waals surface area contributed by atoms with Gasteiger partial charge in [0.1, 0.15) is 5.82 Å². The molecule has 0 bridgehead atoms. The molecule has 0 heterocycles. The Morgan fingerprint density at radius 1 is 0.828 bits per heavy atom. The number of hydrogen-bond donors (Lipinski definition) is 2. The second-order valence-electron chi connectivity index (χ2n) is 6.28. The number of ketones is 1. The van der Waals surface area contributed by atoms with Crippen molar-refractivity contribution >= 4 is 35.2 Å². The van der Waals surface area contributed by atoms with E-state index in [4.69, 9.17) is 5.73 Å². The molecule has 3 aromatic rings. The van der Waals surface area contributed by atoms with Crippen LogP contribution in [0.5, 0.6) is 0 Å². The third-order valence-corrected chi connectivity index (χ3v) is 4.11. The van der Waals surface area contributed by atoms with Crippen molar-refractivity contribution in [1.29, 1.82) is 0 Å². The second-order valence-corrected chi connectivity index (χ2v) is 6.28. The number of para-hydroxylation sites is 2. The minimum absolute atomic E-state index is 0.217. The summed E-state index contributed by atoms with van der Waals surface area (Å²) in [6, 6.07) is 19.8. The first kappa shape index (κ1) is 19.8. The quantitative estimate of drug-likeness (QED) is 0.357. The lowest BCUT2D eigenvalue weighted by molar-refractivity contribution is -0.111. The molecule has 0 aromatic heterocycles. The van der Waals surface area contributed by atoms with Crippen LogP contribution in [0.1, 0.15) is 21.5 Å². The van der Waals surface area contributed by atoms with Crippen LogP contribution >= 0.6 is 0 Å². The van der Waals surface area contributed by atoms with E-state index in [2.05, 4.69) is 5.32 Å². The Hall–Kier alpha value is -3.99. The van der Waals surface area contributed by atoms with Crippen LogP contribution in [-0.4, -0.2) is 11.7 Å². The maximum absolute atomic E-state index is 12.9. The summed E-state index contributed by atoms with van der Waals surface area (Å²) in [5, 5.41) is 2.72. The Balaban J connectivity index is 1.65. The monoisotopic (exact) mass is 386 g/mol. The smallest absolute Gasteiger partial charge is 0.248 e. The van der Waals surface area contributed by atoms with Gasteiger partial charge in [-0.25, -0.2) is 4.39 Å². The average molecular weight is 386 g/mol. The van der Waals surface area contributed by atoms with Crippen LogP contribution in [0.25, 0.3) is 12.2 Å². The zero-order valence-electron chi connectivity index (χ0n) is 15.5. The molecule has 0 radical (unpaired) electrons. The number of anilines is 2. The molecule has 4 nitrogen and oxygen atoms in total. The molecule has 0 aliphatic carbocycles. The van der Waals surface area contributed by atoms with Crippen LogP contribution < -0.4 is 11.1 Å². The third-order valence-electron chi connectivity index (χ3n) is 4.11. The number of nitrogens with two attached hydrogens (primary N) is 1. The van der Waals surface area contributed by atoms with Gasteiger partial charge in [-0.1, -0.05) is 36.4 Å². The van der Waals surface area contributed by atoms with Crippen molar-refractivity contribution in [3.05, 3.63) is 107 Å². The predicted octanol–water partition coefficient (Wildman–Crippen LogP) is 4.96. The van der Waals surface area contributed by atoms with E-state index in [1.54, 1.807) is 36.4 Å². The first-order chi connectivity index (χ1) is 14.0. The predicted molar refractivity (Wildman–Crippen MR) is 115 cm³/mol. The van der Waals surface area contributed by atoms with Crippen LogP contribution in [-0.2, 0) is 4.79 Å². The van der Waals surface area contributed by atoms with E-state index in [-0.39, 0.29) is 17.5 Å². The third kappa shape index (κ3) is 5.74. The SMILES string of the molecule is Nc1ccccc1NC(=O)/C=C/c1cccc(/C=C/C(=O)c2ccc(F)cc2)c1. The van der Waals surface area contributed by atoms with Crippen molar-refractivity contribution in [2.45, 2.75) is 0 Å². The summed E-state index contributed by atoms with van der Waals surface area (Å²) in [6.45, 7) is 0. The van der Waals surface area contributed by atoms with Gasteiger partial charge in [0.15, 0.2) is 5.78 Å². The molecular formula is C24H19FN2O2. The average Bonchev–Trinajstić information content (AvgIpc) is 2.73. The number of nitrogen functional groups attached to an aromatic ring is 1. The largest absolute Gasteiger partial charge is 0.397 e. The molecule has 0 aliphatic heterocycles. The van der Waals surface area contributed by atoms with Gasteiger partial charge in [0, 0.05) is 11.6 Å². The van der Waals surface area contributed by atoms with Gasteiger partial charge in [0.25, 0.3) is 0 Å². The lowest BCUT2D eigenvalue weighted by atomic mass is 10.1. The van der Waals surface area contributed by atoms with Crippen LogP contribution in [0.15, 0.2) is 84.9 Å². The molecule has 0 aliphatic rings. The first-order valence-corrected chi connectivity index (χ1v) is 8.93. The Labute approximate surface area is 168 Å². The Kier molecular flexibility index (Phi) is 6.32. The van der Waals surface area contributed by atoms with Crippen molar-refractivity contribution in [2.24, 2.45) is 0 Å². The molecule has 0 saturated heterocycles. The lowest BCUT2D eigenvalue weighted by Gasteiger charge is -2.05. The number of benzene rings is 3. The van der Waals surface area contributed by atoms with Crippen LogP contribution in [0, 0.1) is 5.82 Å². The summed E-state index contributed by atoms with van der Waals surface area (Å²) in [5.41, 5.74) is 8.87. The summed E-state index contributed by atoms with van der Waals surface area (Å²) in [4.78, 5) is 24.2. The highest BCUT2D eigenvalue weighted by Crippen LogP contribution is 2.17. The fourth-order valence-electron chi connectivity index (χ4n) is 2.61. The number of rotatable bonds is 6. The molecule has 0 atom stereocenters. The summed E-state index contributed by atoms with van der Waals surface area (Å²) >= 11 is 0. The second kappa shape index (κ2) is 9.28. The van der Waals surface area contributed by atoms with E-state index in [0.29, 0.717) is 16.9 Å². The van der Waals surface area contributed by atoms with E-state index >= 15 is 0 Å². The van der Waals surface area contributed by atoms with Gasteiger partial charge in [0.2, 0.25) is 5.91 Å². The molecule has 0 spiro atoms. The van der Waals surface area contributed by atoms with E-state index in [1.165, 1.54) is 36.4 Å². The van der Waals surface area contributed by atoms with Crippen molar-refractivity contribution in [3.63, 3.8) is 0 Å². The number of hydrogen-bond acceptors (Lipinski definition) is 3. The normalized spacial score (nSPS) is 11.1. The Morgan fingerprint density at radius 2 is 1.48 bits per heavy atom. The highest BCUT2D eigenvalue weighted by Gasteiger charge is 2.02. The topological polar surface area (TPSA) is 72.2 Å². The maximum Gasteiger partial charge on any atom is 0.248 e. The minimum Gasteiger partial charge on any atom is -0.397 e. The minimum atomic E-state index is -0.385. The zero-order chi connectivity index (χ0) is 20.6. The molecular weight excluding hydrogens is 367 g/mol. The fourth-order valence-corrected chi connectivity index (χ4v) is 2.61. The molecule has 29 heavy (non-hydrogen) atoms. The van der Waals surface area contributed by atoms with Crippen molar-refractivity contribution < 1.29 is 14.0 Å². The molecule has 0 unspecified atom stereocenters. The summed E-state index contributed by atoms with van der Waals surface area (Å²) in [7, 11) is 0. The lowest BCUT2D eigenvalue weighted by Crippen LogP contribution is -2.09. The van der Waals surface area contributed by atoms with Crippen molar-refractivity contribution in [1.82, 2.24) is 0 Å². The number of nitrogens with one attached hydrogen (secondary N) is 1. The maximum atomic E-state index is 12.9. The summed E-state index contributed by atoms with van der Waals surface area (Å²) < 4.78 is 12.9. The zero-order valence-corrected chi connectivity index (χ0v) is 15.5. The Morgan fingerprint density at radius 3 is 2.17 bits per heavy atom. The van der Waals surface area contributed by atoms with Crippen LogP contribution in [0.3, 0.4) is 0 Å². The van der Waals surface area contributed by atoms with E-state index in [0.717, 1.165) is 11.1 Å². The fraction of sp³-hybridized carbons (Fsp3) is 0. The molecule has 5 heteroatoms.